The van der Waals surface area contributed by atoms with Crippen molar-refractivity contribution >= 4 is 0 Å². The lowest BCUT2D eigenvalue weighted by Gasteiger charge is -2.19. The summed E-state index contributed by atoms with van der Waals surface area (Å²) in [6.07, 6.45) is 1.52. The maximum atomic E-state index is 9.54. The number of hydrogen-bond donors (Lipinski definition) is 2. The fourth-order valence-corrected chi connectivity index (χ4v) is 1.38. The van der Waals surface area contributed by atoms with Gasteiger partial charge in [-0.05, 0) is 12.8 Å². The van der Waals surface area contributed by atoms with Gasteiger partial charge in [0.2, 0.25) is 0 Å². The molecule has 0 aromatic heterocycles. The monoisotopic (exact) mass is 190 g/mol. The third-order valence-electron chi connectivity index (χ3n) is 2.43. The van der Waals surface area contributed by atoms with E-state index in [1.165, 1.54) is 14.2 Å². The predicted octanol–water partition coefficient (Wildman–Crippen LogP) is 0.271. The highest BCUT2D eigenvalue weighted by atomic mass is 16.7. The largest absolute Gasteiger partial charge is 0.393 e. The number of ether oxygens (including phenoxy) is 2. The highest BCUT2D eigenvalue weighted by Gasteiger charge is 2.42. The van der Waals surface area contributed by atoms with E-state index in [-0.39, 0.29) is 6.29 Å². The van der Waals surface area contributed by atoms with E-state index in [0.29, 0.717) is 12.8 Å². The van der Waals surface area contributed by atoms with Gasteiger partial charge < -0.3 is 19.7 Å². The Bertz CT molecular complexity index is 152. The van der Waals surface area contributed by atoms with Crippen LogP contribution in [0.25, 0.3) is 0 Å². The normalized spacial score (nSPS) is 21.9. The van der Waals surface area contributed by atoms with Gasteiger partial charge in [-0.25, -0.2) is 0 Å². The molecular weight excluding hydrogens is 172 g/mol. The Morgan fingerprint density at radius 1 is 1.31 bits per heavy atom. The molecule has 0 bridgehead atoms. The third kappa shape index (κ3) is 3.60. The average Bonchev–Trinajstić information content (AvgIpc) is 2.79. The lowest BCUT2D eigenvalue weighted by Crippen LogP contribution is -2.25. The van der Waals surface area contributed by atoms with Gasteiger partial charge >= 0.3 is 0 Å². The van der Waals surface area contributed by atoms with Crippen molar-refractivity contribution in [3.05, 3.63) is 0 Å². The molecule has 1 aliphatic rings. The van der Waals surface area contributed by atoms with Crippen LogP contribution in [0.2, 0.25) is 0 Å². The van der Waals surface area contributed by atoms with E-state index in [2.05, 4.69) is 0 Å². The summed E-state index contributed by atoms with van der Waals surface area (Å²) in [5.74, 6) is 0. The quantitative estimate of drug-likeness (QED) is 0.590. The fourth-order valence-electron chi connectivity index (χ4n) is 1.38. The van der Waals surface area contributed by atoms with E-state index in [9.17, 15) is 10.2 Å². The zero-order valence-electron chi connectivity index (χ0n) is 8.19. The smallest absolute Gasteiger partial charge is 0.159 e. The van der Waals surface area contributed by atoms with Crippen molar-refractivity contribution in [3.8, 4) is 0 Å². The zero-order valence-corrected chi connectivity index (χ0v) is 8.19. The van der Waals surface area contributed by atoms with Gasteiger partial charge in [-0.3, -0.25) is 0 Å². The molecule has 0 heterocycles. The molecule has 1 rings (SSSR count). The van der Waals surface area contributed by atoms with Gasteiger partial charge in [-0.1, -0.05) is 0 Å². The molecule has 0 saturated heterocycles. The topological polar surface area (TPSA) is 58.9 Å². The Morgan fingerprint density at radius 2 is 1.85 bits per heavy atom. The van der Waals surface area contributed by atoms with Crippen LogP contribution < -0.4 is 0 Å². The first-order chi connectivity index (χ1) is 6.09. The Hall–Kier alpha value is -0.160. The molecule has 1 atom stereocenters. The Kier molecular flexibility index (Phi) is 3.67. The summed E-state index contributed by atoms with van der Waals surface area (Å²) >= 11 is 0. The van der Waals surface area contributed by atoms with E-state index < -0.39 is 11.7 Å². The second-order valence-corrected chi connectivity index (χ2v) is 3.72. The fraction of sp³-hybridized carbons (Fsp3) is 1.00. The summed E-state index contributed by atoms with van der Waals surface area (Å²) in [7, 11) is 3.07. The molecule has 13 heavy (non-hydrogen) atoms. The molecule has 0 spiro atoms. The van der Waals surface area contributed by atoms with E-state index >= 15 is 0 Å². The first-order valence-electron chi connectivity index (χ1n) is 4.56. The van der Waals surface area contributed by atoms with Crippen LogP contribution in [0.3, 0.4) is 0 Å². The highest BCUT2D eigenvalue weighted by molar-refractivity contribution is 4.94. The number of aliphatic hydroxyl groups is 2. The van der Waals surface area contributed by atoms with Gasteiger partial charge in [0, 0.05) is 27.1 Å². The van der Waals surface area contributed by atoms with Gasteiger partial charge in [0.05, 0.1) is 11.7 Å². The maximum Gasteiger partial charge on any atom is 0.159 e. The molecule has 4 heteroatoms. The summed E-state index contributed by atoms with van der Waals surface area (Å²) < 4.78 is 9.88. The summed E-state index contributed by atoms with van der Waals surface area (Å²) in [5.41, 5.74) is -0.606. The van der Waals surface area contributed by atoms with Gasteiger partial charge in [0.1, 0.15) is 0 Å². The first-order valence-corrected chi connectivity index (χ1v) is 4.56. The Labute approximate surface area is 78.5 Å². The van der Waals surface area contributed by atoms with Crippen LogP contribution in [-0.4, -0.2) is 42.4 Å². The number of aliphatic hydroxyl groups excluding tert-OH is 1. The third-order valence-corrected chi connectivity index (χ3v) is 2.43. The van der Waals surface area contributed by atoms with Crippen LogP contribution in [0.5, 0.6) is 0 Å². The lowest BCUT2D eigenvalue weighted by molar-refractivity contribution is -0.126. The number of rotatable bonds is 6. The minimum absolute atomic E-state index is 0.377. The maximum absolute atomic E-state index is 9.54. The second kappa shape index (κ2) is 4.37. The summed E-state index contributed by atoms with van der Waals surface area (Å²) in [6, 6.07) is 0. The van der Waals surface area contributed by atoms with Crippen molar-refractivity contribution in [2.45, 2.75) is 43.7 Å². The molecule has 0 amide bonds. The van der Waals surface area contributed by atoms with Crippen LogP contribution in [0.4, 0.5) is 0 Å². The second-order valence-electron chi connectivity index (χ2n) is 3.72. The molecule has 2 N–H and O–H groups in total. The standard InChI is InChI=1S/C9H18O4/c1-12-8(13-2)5-7(10)6-9(11)3-4-9/h7-8,10-11H,3-6H2,1-2H3. The molecule has 1 saturated carbocycles. The molecule has 4 nitrogen and oxygen atoms in total. The van der Waals surface area contributed by atoms with Crippen molar-refractivity contribution in [2.75, 3.05) is 14.2 Å². The van der Waals surface area contributed by atoms with Crippen molar-refractivity contribution < 1.29 is 19.7 Å². The van der Waals surface area contributed by atoms with E-state index in [1.54, 1.807) is 0 Å². The van der Waals surface area contributed by atoms with Crippen LogP contribution in [0.1, 0.15) is 25.7 Å². The molecular formula is C9H18O4. The number of methoxy groups -OCH3 is 2. The van der Waals surface area contributed by atoms with Gasteiger partial charge in [0.15, 0.2) is 6.29 Å². The van der Waals surface area contributed by atoms with Crippen LogP contribution in [-0.2, 0) is 9.47 Å². The molecule has 1 aliphatic carbocycles. The van der Waals surface area contributed by atoms with Crippen molar-refractivity contribution in [2.24, 2.45) is 0 Å². The molecule has 0 radical (unpaired) electrons. The van der Waals surface area contributed by atoms with Crippen molar-refractivity contribution in [1.82, 2.24) is 0 Å². The summed E-state index contributed by atoms with van der Waals surface area (Å²) in [4.78, 5) is 0. The number of hydrogen-bond acceptors (Lipinski definition) is 4. The van der Waals surface area contributed by atoms with Crippen molar-refractivity contribution in [1.29, 1.82) is 0 Å². The summed E-state index contributed by atoms with van der Waals surface area (Å²) in [5, 5.41) is 19.1. The Balaban J connectivity index is 2.19. The van der Waals surface area contributed by atoms with Gasteiger partial charge in [-0.2, -0.15) is 0 Å². The van der Waals surface area contributed by atoms with Crippen LogP contribution >= 0.6 is 0 Å². The molecule has 78 valence electrons. The summed E-state index contributed by atoms with van der Waals surface area (Å²) in [6.45, 7) is 0. The average molecular weight is 190 g/mol. The predicted molar refractivity (Wildman–Crippen MR) is 47.2 cm³/mol. The van der Waals surface area contributed by atoms with E-state index in [4.69, 9.17) is 9.47 Å². The minimum Gasteiger partial charge on any atom is -0.393 e. The Morgan fingerprint density at radius 3 is 2.23 bits per heavy atom. The van der Waals surface area contributed by atoms with Gasteiger partial charge in [-0.15, -0.1) is 0 Å². The SMILES string of the molecule is COC(CC(O)CC1(O)CC1)OC. The molecule has 1 fully saturated rings. The molecule has 0 aliphatic heterocycles. The molecule has 1 unspecified atom stereocenters. The lowest BCUT2D eigenvalue weighted by atomic mass is 10.1. The van der Waals surface area contributed by atoms with Crippen molar-refractivity contribution in [3.63, 3.8) is 0 Å². The van der Waals surface area contributed by atoms with Gasteiger partial charge in [0.25, 0.3) is 0 Å². The minimum atomic E-state index is -0.606. The highest BCUT2D eigenvalue weighted by Crippen LogP contribution is 2.39. The van der Waals surface area contributed by atoms with E-state index in [1.807, 2.05) is 0 Å². The molecule has 0 aromatic rings. The van der Waals surface area contributed by atoms with E-state index in [0.717, 1.165) is 12.8 Å². The van der Waals surface area contributed by atoms with Crippen LogP contribution in [0, 0.1) is 0 Å². The zero-order chi connectivity index (χ0) is 9.90. The molecule has 0 aromatic carbocycles. The van der Waals surface area contributed by atoms with Crippen LogP contribution in [0.15, 0.2) is 0 Å². The first kappa shape index (κ1) is 10.9.